The summed E-state index contributed by atoms with van der Waals surface area (Å²) >= 11 is 0. The van der Waals surface area contributed by atoms with Crippen molar-refractivity contribution in [3.63, 3.8) is 0 Å². The van der Waals surface area contributed by atoms with Gasteiger partial charge in [-0.3, -0.25) is 41.3 Å². The topological polar surface area (TPSA) is 108 Å². The molecule has 1 saturated carbocycles. The van der Waals surface area contributed by atoms with Gasteiger partial charge in [0.1, 0.15) is 18.0 Å². The molecule has 5 heterocycles. The van der Waals surface area contributed by atoms with E-state index in [0.29, 0.717) is 36.3 Å². The number of piperazine rings is 1. The molecule has 0 aromatic carbocycles. The average molecular weight is 542 g/mol. The summed E-state index contributed by atoms with van der Waals surface area (Å²) in [5.41, 5.74) is 3.28. The predicted octanol–water partition coefficient (Wildman–Crippen LogP) is -0.104. The van der Waals surface area contributed by atoms with E-state index in [1.807, 2.05) is 4.90 Å². The molecule has 216 valence electrons. The van der Waals surface area contributed by atoms with Crippen LogP contribution in [-0.2, 0) is 9.53 Å². The fourth-order valence-corrected chi connectivity index (χ4v) is 7.40. The van der Waals surface area contributed by atoms with Crippen LogP contribution < -0.4 is 32.0 Å². The minimum Gasteiger partial charge on any atom is -0.490 e. The second kappa shape index (κ2) is 11.9. The number of amides is 1. The van der Waals surface area contributed by atoms with E-state index >= 15 is 0 Å². The molecule has 11 nitrogen and oxygen atoms in total. The number of ether oxygens (including phenoxy) is 1. The number of carbonyl (C=O) groups excluding carboxylic acids is 1. The van der Waals surface area contributed by atoms with Crippen LogP contribution >= 0.6 is 0 Å². The number of fused-ring (bicyclic) bond motifs is 2. The Morgan fingerprint density at radius 1 is 1.13 bits per heavy atom. The Hall–Kier alpha value is -1.99. The highest BCUT2D eigenvalue weighted by Gasteiger charge is 2.42. The van der Waals surface area contributed by atoms with Crippen LogP contribution in [0.15, 0.2) is 36.8 Å². The quantitative estimate of drug-likeness (QED) is 0.255. The summed E-state index contributed by atoms with van der Waals surface area (Å²) in [5.74, 6) is 1.50. The maximum Gasteiger partial charge on any atom is 0.246 e. The van der Waals surface area contributed by atoms with Crippen LogP contribution in [-0.4, -0.2) is 102 Å². The summed E-state index contributed by atoms with van der Waals surface area (Å²) in [6.07, 6.45) is 14.3. The zero-order valence-corrected chi connectivity index (χ0v) is 23.4. The number of hydrogen-bond donors (Lipinski definition) is 6. The first-order valence-electron chi connectivity index (χ1n) is 15.0. The Morgan fingerprint density at radius 3 is 2.85 bits per heavy atom. The van der Waals surface area contributed by atoms with Gasteiger partial charge in [-0.05, 0) is 63.2 Å². The number of nitrogens with zero attached hydrogens (tertiary/aromatic N) is 3. The van der Waals surface area contributed by atoms with Crippen molar-refractivity contribution in [2.45, 2.75) is 94.7 Å². The molecule has 1 amide bonds. The normalized spacial score (nSPS) is 41.0. The second-order valence-electron chi connectivity index (χ2n) is 12.1. The summed E-state index contributed by atoms with van der Waals surface area (Å²) in [6.45, 7) is 12.3. The minimum absolute atomic E-state index is 0.0409. The lowest BCUT2D eigenvalue weighted by Gasteiger charge is -2.52. The van der Waals surface area contributed by atoms with Gasteiger partial charge in [-0.1, -0.05) is 13.5 Å². The summed E-state index contributed by atoms with van der Waals surface area (Å²) in [6, 6.07) is 1.56. The first-order valence-corrected chi connectivity index (χ1v) is 15.0. The minimum atomic E-state index is 0.0409. The van der Waals surface area contributed by atoms with Crippen molar-refractivity contribution in [1.82, 2.24) is 46.8 Å². The third-order valence-electron chi connectivity index (χ3n) is 9.57. The van der Waals surface area contributed by atoms with Crippen LogP contribution in [0, 0.1) is 5.92 Å². The molecule has 6 aliphatic rings. The van der Waals surface area contributed by atoms with Crippen LogP contribution in [0.5, 0.6) is 0 Å². The largest absolute Gasteiger partial charge is 0.490 e. The maximum atomic E-state index is 12.1. The Morgan fingerprint density at radius 2 is 2.03 bits per heavy atom. The molecule has 0 bridgehead atoms. The highest BCUT2D eigenvalue weighted by molar-refractivity contribution is 5.87. The van der Waals surface area contributed by atoms with Crippen molar-refractivity contribution < 1.29 is 9.53 Å². The molecule has 0 radical (unpaired) electrons. The molecule has 4 saturated heterocycles. The van der Waals surface area contributed by atoms with E-state index in [9.17, 15) is 4.79 Å². The number of carbonyl (C=O) groups is 1. The van der Waals surface area contributed by atoms with E-state index in [1.165, 1.54) is 6.08 Å². The van der Waals surface area contributed by atoms with Crippen molar-refractivity contribution in [3.8, 4) is 0 Å². The van der Waals surface area contributed by atoms with Crippen molar-refractivity contribution in [3.05, 3.63) is 36.8 Å². The molecule has 5 fully saturated rings. The van der Waals surface area contributed by atoms with Gasteiger partial charge in [-0.2, -0.15) is 0 Å². The van der Waals surface area contributed by atoms with E-state index in [2.05, 4.69) is 80.7 Å². The SMILES string of the molecule is C=CC(=O)N1CCN(C2CCC3NCNC(NC4CCC(OC5=CC6NCNN6C=C5)C(C)C4)C3N2)[C@@H](C)C1. The van der Waals surface area contributed by atoms with Gasteiger partial charge in [0.15, 0.2) is 0 Å². The maximum absolute atomic E-state index is 12.1. The van der Waals surface area contributed by atoms with Gasteiger partial charge in [0.25, 0.3) is 0 Å². The molecule has 6 N–H and O–H groups in total. The molecule has 0 aromatic rings. The van der Waals surface area contributed by atoms with Gasteiger partial charge in [0.05, 0.1) is 25.0 Å². The first-order chi connectivity index (χ1) is 19.0. The van der Waals surface area contributed by atoms with Gasteiger partial charge in [-0.15, -0.1) is 0 Å². The van der Waals surface area contributed by atoms with Gasteiger partial charge < -0.3 is 9.64 Å². The summed E-state index contributed by atoms with van der Waals surface area (Å²) in [4.78, 5) is 16.6. The molecular weight excluding hydrogens is 494 g/mol. The summed E-state index contributed by atoms with van der Waals surface area (Å²) in [5, 5.41) is 20.9. The zero-order valence-electron chi connectivity index (χ0n) is 23.4. The third kappa shape index (κ3) is 5.90. The molecule has 1 aliphatic carbocycles. The van der Waals surface area contributed by atoms with Crippen LogP contribution in [0.3, 0.4) is 0 Å². The highest BCUT2D eigenvalue weighted by atomic mass is 16.5. The van der Waals surface area contributed by atoms with Crippen molar-refractivity contribution in [2.75, 3.05) is 33.0 Å². The summed E-state index contributed by atoms with van der Waals surface area (Å²) in [7, 11) is 0. The Balaban J connectivity index is 1.02. The number of hydrogen-bond acceptors (Lipinski definition) is 10. The molecule has 11 heteroatoms. The van der Waals surface area contributed by atoms with E-state index in [-0.39, 0.29) is 24.3 Å². The van der Waals surface area contributed by atoms with Gasteiger partial charge >= 0.3 is 0 Å². The first kappa shape index (κ1) is 27.2. The second-order valence-corrected chi connectivity index (χ2v) is 12.1. The fourth-order valence-electron chi connectivity index (χ4n) is 7.40. The Kier molecular flexibility index (Phi) is 8.27. The number of rotatable bonds is 6. The van der Waals surface area contributed by atoms with Crippen molar-refractivity contribution in [2.24, 2.45) is 5.92 Å². The predicted molar refractivity (Wildman–Crippen MR) is 150 cm³/mol. The fraction of sp³-hybridized carbons (Fsp3) is 0.750. The molecule has 6 rings (SSSR count). The average Bonchev–Trinajstić information content (AvgIpc) is 3.42. The molecule has 39 heavy (non-hydrogen) atoms. The number of hydrazine groups is 1. The van der Waals surface area contributed by atoms with E-state index in [1.54, 1.807) is 0 Å². The number of piperidine rings is 1. The number of allylic oxidation sites excluding steroid dienone is 1. The standard InChI is InChI=1S/C28H47N9O2/c1-4-26(38)35-11-12-36(19(3)15-35)24-8-6-22-27(34-24)28(31-16-29-22)33-20-5-7-23(18(2)13-20)39-21-9-10-37-25(14-21)30-17-32-37/h4,9-10,14,18-20,22-25,27-34H,1,5-8,11-13,15-17H2,2-3H3/t18?,19-,20?,22?,23?,24?,25?,27?,28?/m0/s1. The molecule has 0 aromatic heterocycles. The lowest BCUT2D eigenvalue weighted by atomic mass is 9.83. The lowest BCUT2D eigenvalue weighted by Crippen LogP contribution is -2.75. The van der Waals surface area contributed by atoms with Crippen LogP contribution in [0.1, 0.15) is 46.0 Å². The van der Waals surface area contributed by atoms with Crippen molar-refractivity contribution in [1.29, 1.82) is 0 Å². The van der Waals surface area contributed by atoms with E-state index in [4.69, 9.17) is 4.74 Å². The van der Waals surface area contributed by atoms with E-state index < -0.39 is 0 Å². The molecular formula is C28H47N9O2. The van der Waals surface area contributed by atoms with Crippen LogP contribution in [0.25, 0.3) is 0 Å². The zero-order chi connectivity index (χ0) is 26.9. The van der Waals surface area contributed by atoms with Crippen LogP contribution in [0.2, 0.25) is 0 Å². The monoisotopic (exact) mass is 541 g/mol. The summed E-state index contributed by atoms with van der Waals surface area (Å²) < 4.78 is 6.48. The van der Waals surface area contributed by atoms with Gasteiger partial charge in [0.2, 0.25) is 5.91 Å². The van der Waals surface area contributed by atoms with E-state index in [0.717, 1.165) is 70.8 Å². The Labute approximate surface area is 232 Å². The van der Waals surface area contributed by atoms with Crippen LogP contribution in [0.4, 0.5) is 0 Å². The molecule has 9 atom stereocenters. The Bertz CT molecular complexity index is 959. The molecule has 0 spiro atoms. The number of nitrogens with one attached hydrogen (secondary N) is 6. The molecule has 5 aliphatic heterocycles. The van der Waals surface area contributed by atoms with Gasteiger partial charge in [0, 0.05) is 50.6 Å². The molecule has 8 unspecified atom stereocenters. The van der Waals surface area contributed by atoms with Crippen molar-refractivity contribution >= 4 is 5.91 Å². The third-order valence-corrected chi connectivity index (χ3v) is 9.57. The lowest BCUT2D eigenvalue weighted by molar-refractivity contribution is -0.129. The smallest absolute Gasteiger partial charge is 0.246 e. The highest BCUT2D eigenvalue weighted by Crippen LogP contribution is 2.31. The van der Waals surface area contributed by atoms with Gasteiger partial charge in [-0.25, -0.2) is 5.43 Å².